The van der Waals surface area contributed by atoms with Crippen molar-refractivity contribution < 1.29 is 25.9 Å². The van der Waals surface area contributed by atoms with Crippen LogP contribution >= 0.6 is 23.2 Å². The summed E-state index contributed by atoms with van der Waals surface area (Å²) in [4.78, 5) is 0. The number of benzene rings is 2. The van der Waals surface area contributed by atoms with Gasteiger partial charge < -0.3 is 0 Å². The lowest BCUT2D eigenvalue weighted by molar-refractivity contribution is 0.487. The minimum Gasteiger partial charge on any atom is -0.269 e. The van der Waals surface area contributed by atoms with E-state index in [9.17, 15) is 16.8 Å². The van der Waals surface area contributed by atoms with Crippen molar-refractivity contribution in [1.29, 1.82) is 0 Å². The quantitative estimate of drug-likeness (QED) is 0.172. The molecule has 4 aromatic rings. The highest BCUT2D eigenvalue weighted by Crippen LogP contribution is 2.39. The minimum absolute atomic E-state index is 0.0739. The lowest BCUT2D eigenvalue weighted by atomic mass is 10.2. The van der Waals surface area contributed by atoms with Gasteiger partial charge in [0, 0.05) is 0 Å². The molecule has 0 atom stereocenters. The highest BCUT2D eigenvalue weighted by molar-refractivity contribution is 7.87. The highest BCUT2D eigenvalue weighted by Gasteiger charge is 2.41. The molecule has 4 rings (SSSR count). The summed E-state index contributed by atoms with van der Waals surface area (Å²) in [7, 11) is -8.92. The number of halogens is 2. The van der Waals surface area contributed by atoms with E-state index in [4.69, 9.17) is 32.3 Å². The first kappa shape index (κ1) is 24.7. The van der Waals surface area contributed by atoms with Crippen molar-refractivity contribution in [3.05, 3.63) is 60.2 Å². The normalized spacial score (nSPS) is 12.5. The topological polar surface area (TPSA) is 220 Å². The number of anilines is 2. The standard InChI is InChI=1S/C15H12Cl2N10O6S2/c16-15(17,13-18-22-24-26(13)11-5-1-9(2-6-11)20-34(28,29)30)14-19-23-25-27(14)12-7-3-10(4-8-12)21-35(31,32)33/h1-8,20-21H,(H,28,29,30)(H,31,32,33). The molecular formula is C15H12Cl2N10O6S2. The first-order valence-electron chi connectivity index (χ1n) is 9.00. The maximum Gasteiger partial charge on any atom is 0.357 e. The summed E-state index contributed by atoms with van der Waals surface area (Å²) in [5, 5.41) is 22.6. The molecule has 0 unspecified atom stereocenters. The van der Waals surface area contributed by atoms with E-state index in [2.05, 4.69) is 31.1 Å². The molecule has 35 heavy (non-hydrogen) atoms. The van der Waals surface area contributed by atoms with Crippen LogP contribution in [0.1, 0.15) is 11.6 Å². The summed E-state index contributed by atoms with van der Waals surface area (Å²) < 4.78 is 65.8. The van der Waals surface area contributed by atoms with Crippen LogP contribution in [0.3, 0.4) is 0 Å². The Kier molecular flexibility index (Phi) is 6.34. The van der Waals surface area contributed by atoms with Crippen LogP contribution in [-0.4, -0.2) is 66.4 Å². The molecule has 0 aliphatic rings. The van der Waals surface area contributed by atoms with E-state index in [0.717, 1.165) is 9.36 Å². The van der Waals surface area contributed by atoms with Gasteiger partial charge in [-0.3, -0.25) is 18.5 Å². The fourth-order valence-corrected chi connectivity index (χ4v) is 4.19. The molecule has 4 N–H and O–H groups in total. The Morgan fingerprint density at radius 2 is 1.03 bits per heavy atom. The van der Waals surface area contributed by atoms with Crippen LogP contribution in [-0.2, 0) is 24.9 Å². The van der Waals surface area contributed by atoms with Crippen molar-refractivity contribution in [3.8, 4) is 11.4 Å². The molecule has 2 aromatic heterocycles. The Morgan fingerprint density at radius 3 is 1.34 bits per heavy atom. The minimum atomic E-state index is -4.46. The van der Waals surface area contributed by atoms with E-state index in [-0.39, 0.29) is 23.0 Å². The molecule has 0 aliphatic heterocycles. The third-order valence-electron chi connectivity index (χ3n) is 4.22. The molecule has 20 heteroatoms. The van der Waals surface area contributed by atoms with Crippen LogP contribution < -0.4 is 9.44 Å². The number of hydrogen-bond donors (Lipinski definition) is 4. The third kappa shape index (κ3) is 5.63. The van der Waals surface area contributed by atoms with Gasteiger partial charge in [-0.25, -0.2) is 0 Å². The van der Waals surface area contributed by atoms with E-state index in [1.165, 1.54) is 48.5 Å². The summed E-state index contributed by atoms with van der Waals surface area (Å²) >= 11 is 13.2. The summed E-state index contributed by atoms with van der Waals surface area (Å²) in [6.45, 7) is 0. The molecule has 184 valence electrons. The molecule has 2 aromatic carbocycles. The second kappa shape index (κ2) is 8.98. The Morgan fingerprint density at radius 1 is 0.686 bits per heavy atom. The van der Waals surface area contributed by atoms with Gasteiger partial charge in [-0.15, -0.1) is 10.2 Å². The van der Waals surface area contributed by atoms with Crippen molar-refractivity contribution in [2.75, 3.05) is 9.44 Å². The summed E-state index contributed by atoms with van der Waals surface area (Å²) in [5.41, 5.74) is 0.807. The van der Waals surface area contributed by atoms with Crippen LogP contribution in [0.5, 0.6) is 0 Å². The van der Waals surface area contributed by atoms with Crippen molar-refractivity contribution in [2.24, 2.45) is 0 Å². The van der Waals surface area contributed by atoms with Gasteiger partial charge in [0.05, 0.1) is 22.7 Å². The van der Waals surface area contributed by atoms with Crippen LogP contribution in [0, 0.1) is 0 Å². The van der Waals surface area contributed by atoms with E-state index >= 15 is 0 Å². The van der Waals surface area contributed by atoms with Crippen LogP contribution in [0.2, 0.25) is 0 Å². The van der Waals surface area contributed by atoms with Gasteiger partial charge >= 0.3 is 20.6 Å². The summed E-state index contributed by atoms with van der Waals surface area (Å²) in [6, 6.07) is 11.1. The molecule has 0 spiro atoms. The average Bonchev–Trinajstić information content (AvgIpc) is 3.43. The molecule has 0 aliphatic carbocycles. The van der Waals surface area contributed by atoms with Gasteiger partial charge in [-0.2, -0.15) is 26.2 Å². The van der Waals surface area contributed by atoms with Gasteiger partial charge in [0.1, 0.15) is 0 Å². The smallest absolute Gasteiger partial charge is 0.269 e. The first-order chi connectivity index (χ1) is 16.3. The van der Waals surface area contributed by atoms with Gasteiger partial charge in [-0.05, 0) is 69.4 Å². The zero-order valence-electron chi connectivity index (χ0n) is 16.8. The Balaban J connectivity index is 1.67. The first-order valence-corrected chi connectivity index (χ1v) is 12.6. The predicted octanol–water partition coefficient (Wildman–Crippen LogP) is 0.746. The molecule has 0 radical (unpaired) electrons. The second-order valence-corrected chi connectivity index (χ2v) is 10.3. The zero-order valence-corrected chi connectivity index (χ0v) is 19.9. The number of alkyl halides is 2. The fourth-order valence-electron chi connectivity index (χ4n) is 2.85. The maximum atomic E-state index is 11.0. The molecule has 16 nitrogen and oxygen atoms in total. The Hall–Kier alpha value is -3.42. The maximum absolute atomic E-state index is 11.0. The molecule has 0 saturated carbocycles. The number of hydrogen-bond acceptors (Lipinski definition) is 10. The van der Waals surface area contributed by atoms with Crippen molar-refractivity contribution in [3.63, 3.8) is 0 Å². The highest BCUT2D eigenvalue weighted by atomic mass is 35.5. The molecule has 0 bridgehead atoms. The third-order valence-corrected chi connectivity index (χ3v) is 5.88. The van der Waals surface area contributed by atoms with Crippen LogP contribution in [0.25, 0.3) is 11.4 Å². The van der Waals surface area contributed by atoms with Gasteiger partial charge in [0.2, 0.25) is 16.0 Å². The SMILES string of the molecule is O=S(=O)(O)Nc1ccc(-n2nnnc2C(Cl)(Cl)c2nnnn2-c2ccc(NS(=O)(=O)O)cc2)cc1. The molecule has 2 heterocycles. The molecule has 0 saturated heterocycles. The van der Waals surface area contributed by atoms with Gasteiger partial charge in [0.15, 0.2) is 0 Å². The Labute approximate surface area is 206 Å². The number of nitrogens with zero attached hydrogens (tertiary/aromatic N) is 8. The number of aromatic nitrogens is 8. The summed E-state index contributed by atoms with van der Waals surface area (Å²) in [6.07, 6.45) is 0. The summed E-state index contributed by atoms with van der Waals surface area (Å²) in [5.74, 6) is -0.228. The lowest BCUT2D eigenvalue weighted by Crippen LogP contribution is -2.24. The number of tetrazole rings is 2. The molecule has 0 fully saturated rings. The number of nitrogens with one attached hydrogen (secondary N) is 2. The lowest BCUT2D eigenvalue weighted by Gasteiger charge is -2.18. The van der Waals surface area contributed by atoms with Gasteiger partial charge in [0.25, 0.3) is 0 Å². The predicted molar refractivity (Wildman–Crippen MR) is 121 cm³/mol. The van der Waals surface area contributed by atoms with E-state index < -0.39 is 24.9 Å². The monoisotopic (exact) mass is 562 g/mol. The molecule has 0 amide bonds. The van der Waals surface area contributed by atoms with Crippen molar-refractivity contribution in [2.45, 2.75) is 4.33 Å². The zero-order chi connectivity index (χ0) is 25.4. The van der Waals surface area contributed by atoms with E-state index in [1.54, 1.807) is 0 Å². The van der Waals surface area contributed by atoms with E-state index in [0.29, 0.717) is 11.4 Å². The van der Waals surface area contributed by atoms with Gasteiger partial charge in [-0.1, -0.05) is 23.2 Å². The van der Waals surface area contributed by atoms with Crippen molar-refractivity contribution >= 4 is 55.2 Å². The largest absolute Gasteiger partial charge is 0.357 e. The van der Waals surface area contributed by atoms with Crippen molar-refractivity contribution in [1.82, 2.24) is 40.4 Å². The Bertz CT molecular complexity index is 1450. The van der Waals surface area contributed by atoms with Crippen LogP contribution in [0.4, 0.5) is 11.4 Å². The van der Waals surface area contributed by atoms with E-state index in [1.807, 2.05) is 9.44 Å². The second-order valence-electron chi connectivity index (χ2n) is 6.65. The molecular weight excluding hydrogens is 551 g/mol. The van der Waals surface area contributed by atoms with Crippen LogP contribution in [0.15, 0.2) is 48.5 Å². The fraction of sp³-hybridized carbons (Fsp3) is 0.0667. The number of rotatable bonds is 8. The average molecular weight is 563 g/mol.